The molecule has 106 valence electrons. The normalized spacial score (nSPS) is 37.3. The van der Waals surface area contributed by atoms with E-state index in [1.165, 1.54) is 32.1 Å². The van der Waals surface area contributed by atoms with Crippen molar-refractivity contribution in [1.29, 1.82) is 0 Å². The first-order valence-corrected chi connectivity index (χ1v) is 7.77. The van der Waals surface area contributed by atoms with Crippen LogP contribution in [0.15, 0.2) is 0 Å². The summed E-state index contributed by atoms with van der Waals surface area (Å²) >= 11 is 0. The molecule has 18 heavy (non-hydrogen) atoms. The standard InChI is InChI=1S/C15H30N2O/c1-4-17(11-13-6-5-9-18-13)15-10-12(2)7-8-14(15)16-3/h12-16H,4-11H2,1-3H3. The van der Waals surface area contributed by atoms with Gasteiger partial charge >= 0.3 is 0 Å². The van der Waals surface area contributed by atoms with Crippen LogP contribution in [0.1, 0.15) is 46.0 Å². The Kier molecular flexibility index (Phi) is 5.46. The zero-order valence-electron chi connectivity index (χ0n) is 12.3. The van der Waals surface area contributed by atoms with Crippen LogP contribution in [0.2, 0.25) is 0 Å². The summed E-state index contributed by atoms with van der Waals surface area (Å²) in [4.78, 5) is 2.66. The molecular weight excluding hydrogens is 224 g/mol. The lowest BCUT2D eigenvalue weighted by Gasteiger charge is -2.42. The maximum atomic E-state index is 5.81. The molecule has 1 aliphatic heterocycles. The number of nitrogens with zero attached hydrogens (tertiary/aromatic N) is 1. The molecule has 0 bridgehead atoms. The molecule has 0 spiro atoms. The molecule has 0 aromatic heterocycles. The molecule has 0 radical (unpaired) electrons. The van der Waals surface area contributed by atoms with E-state index in [1.54, 1.807) is 0 Å². The molecule has 4 atom stereocenters. The average Bonchev–Trinajstić information content (AvgIpc) is 2.88. The highest BCUT2D eigenvalue weighted by atomic mass is 16.5. The van der Waals surface area contributed by atoms with Crippen LogP contribution in [0.4, 0.5) is 0 Å². The maximum Gasteiger partial charge on any atom is 0.0702 e. The van der Waals surface area contributed by atoms with E-state index in [4.69, 9.17) is 4.74 Å². The Hall–Kier alpha value is -0.120. The fourth-order valence-corrected chi connectivity index (χ4v) is 3.64. The van der Waals surface area contributed by atoms with E-state index >= 15 is 0 Å². The first-order chi connectivity index (χ1) is 8.74. The van der Waals surface area contributed by atoms with Crippen molar-refractivity contribution in [2.75, 3.05) is 26.7 Å². The van der Waals surface area contributed by atoms with E-state index in [9.17, 15) is 0 Å². The van der Waals surface area contributed by atoms with Crippen molar-refractivity contribution in [1.82, 2.24) is 10.2 Å². The molecule has 3 nitrogen and oxygen atoms in total. The number of rotatable bonds is 5. The van der Waals surface area contributed by atoms with E-state index < -0.39 is 0 Å². The Morgan fingerprint density at radius 1 is 1.28 bits per heavy atom. The molecule has 2 fully saturated rings. The van der Waals surface area contributed by atoms with Crippen LogP contribution in [0.5, 0.6) is 0 Å². The summed E-state index contributed by atoms with van der Waals surface area (Å²) in [5.41, 5.74) is 0. The first-order valence-electron chi connectivity index (χ1n) is 7.77. The van der Waals surface area contributed by atoms with Crippen LogP contribution in [-0.4, -0.2) is 49.8 Å². The van der Waals surface area contributed by atoms with Gasteiger partial charge in [0.2, 0.25) is 0 Å². The van der Waals surface area contributed by atoms with Crippen molar-refractivity contribution in [3.05, 3.63) is 0 Å². The van der Waals surface area contributed by atoms with E-state index in [0.29, 0.717) is 18.2 Å². The Bertz CT molecular complexity index is 241. The molecule has 1 aliphatic carbocycles. The van der Waals surface area contributed by atoms with E-state index in [0.717, 1.165) is 25.6 Å². The van der Waals surface area contributed by atoms with Gasteiger partial charge in [-0.25, -0.2) is 0 Å². The highest BCUT2D eigenvalue weighted by Gasteiger charge is 2.33. The van der Waals surface area contributed by atoms with Crippen LogP contribution in [0, 0.1) is 5.92 Å². The minimum absolute atomic E-state index is 0.486. The number of likely N-dealkylation sites (N-methyl/N-ethyl adjacent to an activating group) is 2. The topological polar surface area (TPSA) is 24.5 Å². The number of ether oxygens (including phenoxy) is 1. The summed E-state index contributed by atoms with van der Waals surface area (Å²) < 4.78 is 5.81. The molecule has 0 aromatic carbocycles. The number of nitrogens with one attached hydrogen (secondary N) is 1. The molecule has 1 saturated carbocycles. The van der Waals surface area contributed by atoms with Gasteiger partial charge in [-0.15, -0.1) is 0 Å². The van der Waals surface area contributed by atoms with Gasteiger partial charge < -0.3 is 10.1 Å². The van der Waals surface area contributed by atoms with E-state index in [1.807, 2.05) is 0 Å². The van der Waals surface area contributed by atoms with Crippen molar-refractivity contribution in [3.8, 4) is 0 Å². The van der Waals surface area contributed by atoms with Gasteiger partial charge in [0, 0.05) is 25.2 Å². The predicted octanol–water partition coefficient (Wildman–Crippen LogP) is 2.26. The van der Waals surface area contributed by atoms with Crippen molar-refractivity contribution in [2.45, 2.75) is 64.1 Å². The van der Waals surface area contributed by atoms with Gasteiger partial charge in [-0.05, 0) is 51.6 Å². The van der Waals surface area contributed by atoms with Crippen molar-refractivity contribution >= 4 is 0 Å². The molecule has 1 heterocycles. The largest absolute Gasteiger partial charge is 0.377 e. The molecule has 0 aromatic rings. The summed E-state index contributed by atoms with van der Waals surface area (Å²) in [6.45, 7) is 7.94. The van der Waals surface area contributed by atoms with Crippen molar-refractivity contribution < 1.29 is 4.74 Å². The smallest absolute Gasteiger partial charge is 0.0702 e. The second-order valence-electron chi connectivity index (χ2n) is 6.10. The summed E-state index contributed by atoms with van der Waals surface area (Å²) in [6.07, 6.45) is 7.03. The highest BCUT2D eigenvalue weighted by molar-refractivity contribution is 4.90. The molecule has 2 aliphatic rings. The predicted molar refractivity (Wildman–Crippen MR) is 75.9 cm³/mol. The molecular formula is C15H30N2O. The lowest BCUT2D eigenvalue weighted by Crippen LogP contribution is -2.53. The second-order valence-corrected chi connectivity index (χ2v) is 6.10. The quantitative estimate of drug-likeness (QED) is 0.814. The summed E-state index contributed by atoms with van der Waals surface area (Å²) in [5, 5.41) is 3.53. The summed E-state index contributed by atoms with van der Waals surface area (Å²) in [6, 6.07) is 1.37. The van der Waals surface area contributed by atoms with Gasteiger partial charge in [-0.1, -0.05) is 13.8 Å². The minimum atomic E-state index is 0.486. The Morgan fingerprint density at radius 3 is 2.72 bits per heavy atom. The highest BCUT2D eigenvalue weighted by Crippen LogP contribution is 2.28. The van der Waals surface area contributed by atoms with E-state index in [2.05, 4.69) is 31.1 Å². The van der Waals surface area contributed by atoms with Crippen LogP contribution in [0.25, 0.3) is 0 Å². The average molecular weight is 254 g/mol. The maximum absolute atomic E-state index is 5.81. The van der Waals surface area contributed by atoms with Gasteiger partial charge in [-0.2, -0.15) is 0 Å². The Balaban J connectivity index is 1.94. The van der Waals surface area contributed by atoms with Crippen LogP contribution in [-0.2, 0) is 4.74 Å². The summed E-state index contributed by atoms with van der Waals surface area (Å²) in [5.74, 6) is 0.873. The van der Waals surface area contributed by atoms with Gasteiger partial charge in [0.05, 0.1) is 6.10 Å². The number of hydrogen-bond acceptors (Lipinski definition) is 3. The Morgan fingerprint density at radius 2 is 2.11 bits per heavy atom. The SMILES string of the molecule is CCN(CC1CCCO1)C1CC(C)CCC1NC. The van der Waals surface area contributed by atoms with E-state index in [-0.39, 0.29) is 0 Å². The first kappa shape index (κ1) is 14.3. The Labute approximate surface area is 112 Å². The van der Waals surface area contributed by atoms with Gasteiger partial charge in [0.25, 0.3) is 0 Å². The number of hydrogen-bond donors (Lipinski definition) is 1. The minimum Gasteiger partial charge on any atom is -0.377 e. The van der Waals surface area contributed by atoms with Crippen LogP contribution >= 0.6 is 0 Å². The van der Waals surface area contributed by atoms with Gasteiger partial charge in [-0.3, -0.25) is 4.90 Å². The van der Waals surface area contributed by atoms with Gasteiger partial charge in [0.15, 0.2) is 0 Å². The van der Waals surface area contributed by atoms with Crippen molar-refractivity contribution in [3.63, 3.8) is 0 Å². The molecule has 2 rings (SSSR count). The third-order valence-electron chi connectivity index (χ3n) is 4.79. The van der Waals surface area contributed by atoms with Crippen LogP contribution in [0.3, 0.4) is 0 Å². The second kappa shape index (κ2) is 6.88. The van der Waals surface area contributed by atoms with Gasteiger partial charge in [0.1, 0.15) is 0 Å². The molecule has 1 N–H and O–H groups in total. The van der Waals surface area contributed by atoms with Crippen molar-refractivity contribution in [2.24, 2.45) is 5.92 Å². The zero-order chi connectivity index (χ0) is 13.0. The monoisotopic (exact) mass is 254 g/mol. The molecule has 0 amide bonds. The molecule has 3 heteroatoms. The molecule has 4 unspecified atom stereocenters. The third-order valence-corrected chi connectivity index (χ3v) is 4.79. The fraction of sp³-hybridized carbons (Fsp3) is 1.00. The van der Waals surface area contributed by atoms with Crippen LogP contribution < -0.4 is 5.32 Å². The zero-order valence-corrected chi connectivity index (χ0v) is 12.3. The third kappa shape index (κ3) is 3.46. The fourth-order valence-electron chi connectivity index (χ4n) is 3.64. The lowest BCUT2D eigenvalue weighted by atomic mass is 9.82. The lowest BCUT2D eigenvalue weighted by molar-refractivity contribution is 0.0360. The molecule has 1 saturated heterocycles. The summed E-state index contributed by atoms with van der Waals surface area (Å²) in [7, 11) is 2.12.